The highest BCUT2D eigenvalue weighted by molar-refractivity contribution is 9.10. The van der Waals surface area contributed by atoms with Gasteiger partial charge in [-0.3, -0.25) is 0 Å². The highest BCUT2D eigenvalue weighted by Gasteiger charge is 2.04. The van der Waals surface area contributed by atoms with E-state index in [4.69, 9.17) is 0 Å². The summed E-state index contributed by atoms with van der Waals surface area (Å²) in [5.41, 5.74) is 2.56. The van der Waals surface area contributed by atoms with Gasteiger partial charge in [0, 0.05) is 23.4 Å². The standard InChI is InChI=1S/C11H15Br2N/c1-3-6-14(2)11-5-4-9(8-12)7-10(11)13/h4-5,7H,3,6,8H2,1-2H3. The van der Waals surface area contributed by atoms with Crippen molar-refractivity contribution in [1.29, 1.82) is 0 Å². The molecular formula is C11H15Br2N. The van der Waals surface area contributed by atoms with E-state index in [1.165, 1.54) is 22.1 Å². The van der Waals surface area contributed by atoms with Crippen LogP contribution in [0.4, 0.5) is 5.69 Å². The Kier molecular flexibility index (Phi) is 4.96. The molecule has 0 bridgehead atoms. The van der Waals surface area contributed by atoms with Crippen LogP contribution in [0.1, 0.15) is 18.9 Å². The van der Waals surface area contributed by atoms with E-state index in [-0.39, 0.29) is 0 Å². The lowest BCUT2D eigenvalue weighted by Crippen LogP contribution is -2.18. The summed E-state index contributed by atoms with van der Waals surface area (Å²) >= 11 is 7.05. The number of anilines is 1. The Morgan fingerprint density at radius 2 is 2.07 bits per heavy atom. The van der Waals surface area contributed by atoms with Crippen molar-refractivity contribution in [2.45, 2.75) is 18.7 Å². The van der Waals surface area contributed by atoms with Gasteiger partial charge in [0.25, 0.3) is 0 Å². The molecule has 0 aliphatic carbocycles. The van der Waals surface area contributed by atoms with Crippen molar-refractivity contribution in [3.63, 3.8) is 0 Å². The highest BCUT2D eigenvalue weighted by Crippen LogP contribution is 2.27. The Hall–Kier alpha value is -0.0200. The molecule has 0 saturated heterocycles. The zero-order chi connectivity index (χ0) is 10.6. The first-order valence-electron chi connectivity index (χ1n) is 4.74. The molecule has 0 spiro atoms. The third kappa shape index (κ3) is 2.99. The molecular weight excluding hydrogens is 306 g/mol. The molecule has 0 fully saturated rings. The molecule has 3 heteroatoms. The summed E-state index contributed by atoms with van der Waals surface area (Å²) < 4.78 is 1.17. The SMILES string of the molecule is CCCN(C)c1ccc(CBr)cc1Br. The van der Waals surface area contributed by atoms with Crippen molar-refractivity contribution in [3.8, 4) is 0 Å². The molecule has 0 saturated carbocycles. The summed E-state index contributed by atoms with van der Waals surface area (Å²) in [5, 5.41) is 0.906. The predicted molar refractivity (Wildman–Crippen MR) is 70.3 cm³/mol. The second kappa shape index (κ2) is 5.76. The number of halogens is 2. The lowest BCUT2D eigenvalue weighted by Gasteiger charge is -2.20. The van der Waals surface area contributed by atoms with E-state index in [0.29, 0.717) is 0 Å². The molecule has 14 heavy (non-hydrogen) atoms. The van der Waals surface area contributed by atoms with E-state index in [0.717, 1.165) is 11.9 Å². The molecule has 0 aromatic heterocycles. The molecule has 1 rings (SSSR count). The fourth-order valence-corrected chi connectivity index (χ4v) is 2.48. The van der Waals surface area contributed by atoms with Crippen molar-refractivity contribution in [1.82, 2.24) is 0 Å². The van der Waals surface area contributed by atoms with Crippen LogP contribution < -0.4 is 4.90 Å². The first kappa shape index (κ1) is 12.1. The smallest absolute Gasteiger partial charge is 0.0508 e. The summed E-state index contributed by atoms with van der Waals surface area (Å²) in [6.45, 7) is 3.28. The maximum absolute atomic E-state index is 3.60. The normalized spacial score (nSPS) is 10.3. The van der Waals surface area contributed by atoms with E-state index < -0.39 is 0 Å². The first-order chi connectivity index (χ1) is 6.69. The van der Waals surface area contributed by atoms with Gasteiger partial charge >= 0.3 is 0 Å². The van der Waals surface area contributed by atoms with E-state index in [9.17, 15) is 0 Å². The Labute approximate surface area is 103 Å². The average molecular weight is 321 g/mol. The molecule has 0 unspecified atom stereocenters. The quantitative estimate of drug-likeness (QED) is 0.752. The van der Waals surface area contributed by atoms with Crippen LogP contribution in [0, 0.1) is 0 Å². The summed E-state index contributed by atoms with van der Waals surface area (Å²) in [6, 6.07) is 6.48. The molecule has 0 amide bonds. The predicted octanol–water partition coefficient (Wildman–Crippen LogP) is 4.19. The molecule has 0 aliphatic heterocycles. The van der Waals surface area contributed by atoms with Gasteiger partial charge in [0.05, 0.1) is 5.69 Å². The van der Waals surface area contributed by atoms with Gasteiger partial charge < -0.3 is 4.90 Å². The van der Waals surface area contributed by atoms with Gasteiger partial charge in [0.15, 0.2) is 0 Å². The lowest BCUT2D eigenvalue weighted by atomic mass is 10.2. The minimum atomic E-state index is 0.906. The number of alkyl halides is 1. The molecule has 1 aromatic carbocycles. The minimum Gasteiger partial charge on any atom is -0.374 e. The zero-order valence-corrected chi connectivity index (χ0v) is 11.7. The second-order valence-corrected chi connectivity index (χ2v) is 4.76. The molecule has 0 N–H and O–H groups in total. The average Bonchev–Trinajstić information content (AvgIpc) is 2.17. The van der Waals surface area contributed by atoms with Crippen molar-refractivity contribution in [3.05, 3.63) is 28.2 Å². The van der Waals surface area contributed by atoms with Crippen LogP contribution in [0.15, 0.2) is 22.7 Å². The number of hydrogen-bond donors (Lipinski definition) is 0. The fourth-order valence-electron chi connectivity index (χ4n) is 1.40. The number of hydrogen-bond acceptors (Lipinski definition) is 1. The Morgan fingerprint density at radius 1 is 1.36 bits per heavy atom. The number of nitrogens with zero attached hydrogens (tertiary/aromatic N) is 1. The number of rotatable bonds is 4. The lowest BCUT2D eigenvalue weighted by molar-refractivity contribution is 0.850. The maximum atomic E-state index is 3.60. The Balaban J connectivity index is 2.88. The van der Waals surface area contributed by atoms with Crippen LogP contribution in [-0.4, -0.2) is 13.6 Å². The topological polar surface area (TPSA) is 3.24 Å². The fraction of sp³-hybridized carbons (Fsp3) is 0.455. The van der Waals surface area contributed by atoms with Gasteiger partial charge in [-0.1, -0.05) is 28.9 Å². The van der Waals surface area contributed by atoms with Crippen LogP contribution in [-0.2, 0) is 5.33 Å². The molecule has 0 aliphatic rings. The summed E-state index contributed by atoms with van der Waals surface area (Å²) in [7, 11) is 2.12. The Bertz CT molecular complexity index is 299. The van der Waals surface area contributed by atoms with Gasteiger partial charge in [-0.25, -0.2) is 0 Å². The van der Waals surface area contributed by atoms with Gasteiger partial charge in [-0.15, -0.1) is 0 Å². The van der Waals surface area contributed by atoms with Crippen LogP contribution >= 0.6 is 31.9 Å². The number of benzene rings is 1. The van der Waals surface area contributed by atoms with Crippen molar-refractivity contribution in [2.75, 3.05) is 18.5 Å². The van der Waals surface area contributed by atoms with E-state index in [1.54, 1.807) is 0 Å². The monoisotopic (exact) mass is 319 g/mol. The molecule has 0 heterocycles. The first-order valence-corrected chi connectivity index (χ1v) is 6.66. The summed E-state index contributed by atoms with van der Waals surface area (Å²) in [5.74, 6) is 0. The van der Waals surface area contributed by atoms with Gasteiger partial charge in [-0.2, -0.15) is 0 Å². The van der Waals surface area contributed by atoms with Crippen LogP contribution in [0.25, 0.3) is 0 Å². The van der Waals surface area contributed by atoms with Crippen LogP contribution in [0.2, 0.25) is 0 Å². The van der Waals surface area contributed by atoms with E-state index >= 15 is 0 Å². The zero-order valence-electron chi connectivity index (χ0n) is 8.56. The van der Waals surface area contributed by atoms with Crippen molar-refractivity contribution in [2.24, 2.45) is 0 Å². The molecule has 1 aromatic rings. The van der Waals surface area contributed by atoms with E-state index in [2.05, 4.69) is 68.9 Å². The van der Waals surface area contributed by atoms with Crippen LogP contribution in [0.3, 0.4) is 0 Å². The molecule has 0 radical (unpaired) electrons. The maximum Gasteiger partial charge on any atom is 0.0508 e. The van der Waals surface area contributed by atoms with Gasteiger partial charge in [0.2, 0.25) is 0 Å². The molecule has 0 atom stereocenters. The summed E-state index contributed by atoms with van der Waals surface area (Å²) in [6.07, 6.45) is 1.17. The molecule has 78 valence electrons. The van der Waals surface area contributed by atoms with Crippen molar-refractivity contribution < 1.29 is 0 Å². The van der Waals surface area contributed by atoms with Crippen molar-refractivity contribution >= 4 is 37.5 Å². The second-order valence-electron chi connectivity index (χ2n) is 3.34. The third-order valence-electron chi connectivity index (χ3n) is 2.14. The van der Waals surface area contributed by atoms with Gasteiger partial charge in [0.1, 0.15) is 0 Å². The third-order valence-corrected chi connectivity index (χ3v) is 3.42. The Morgan fingerprint density at radius 3 is 2.57 bits per heavy atom. The molecule has 1 nitrogen and oxygen atoms in total. The summed E-state index contributed by atoms with van der Waals surface area (Å²) in [4.78, 5) is 2.27. The highest BCUT2D eigenvalue weighted by atomic mass is 79.9. The van der Waals surface area contributed by atoms with E-state index in [1.807, 2.05) is 0 Å². The van der Waals surface area contributed by atoms with Gasteiger partial charge in [-0.05, 0) is 40.0 Å². The largest absolute Gasteiger partial charge is 0.374 e. The van der Waals surface area contributed by atoms with Crippen LogP contribution in [0.5, 0.6) is 0 Å². The minimum absolute atomic E-state index is 0.906.